The summed E-state index contributed by atoms with van der Waals surface area (Å²) in [6.07, 6.45) is -1.65. The summed E-state index contributed by atoms with van der Waals surface area (Å²) in [5, 5.41) is 9.57. The van der Waals surface area contributed by atoms with Gasteiger partial charge in [-0.25, -0.2) is 4.98 Å². The molecule has 0 aromatic carbocycles. The van der Waals surface area contributed by atoms with Crippen molar-refractivity contribution in [2.75, 3.05) is 32.7 Å². The minimum absolute atomic E-state index is 0. The van der Waals surface area contributed by atoms with Gasteiger partial charge in [0.05, 0.1) is 11.6 Å². The average Bonchev–Trinajstić information content (AvgIpc) is 3.11. The number of hydrogen-bond donors (Lipinski definition) is 2. The van der Waals surface area contributed by atoms with Crippen molar-refractivity contribution < 1.29 is 13.2 Å². The monoisotopic (exact) mass is 505 g/mol. The van der Waals surface area contributed by atoms with Crippen molar-refractivity contribution in [1.82, 2.24) is 20.5 Å². The highest BCUT2D eigenvalue weighted by Gasteiger charge is 2.34. The summed E-state index contributed by atoms with van der Waals surface area (Å²) in [7, 11) is 0. The second-order valence-corrected chi connectivity index (χ2v) is 7.17. The lowest BCUT2D eigenvalue weighted by Gasteiger charge is -2.19. The Kier molecular flexibility index (Phi) is 10.2. The Bertz CT molecular complexity index is 564. The number of guanidine groups is 1. The van der Waals surface area contributed by atoms with Crippen molar-refractivity contribution in [3.05, 3.63) is 16.1 Å². The smallest absolute Gasteiger partial charge is 0.357 e. The lowest BCUT2D eigenvalue weighted by Crippen LogP contribution is -2.45. The quantitative estimate of drug-likeness (QED) is 0.259. The number of aryl methyl sites for hydroxylation is 2. The topological polar surface area (TPSA) is 52.6 Å². The Hall–Kier alpha value is -0.620. The summed E-state index contributed by atoms with van der Waals surface area (Å²) in [4.78, 5) is 10.4. The SMILES string of the molecule is CCNC(=NCCCc1nc(C)cs1)NC1CCN(CC(F)(F)F)C1.I. The fourth-order valence-corrected chi connectivity index (χ4v) is 3.62. The van der Waals surface area contributed by atoms with Crippen molar-refractivity contribution in [1.29, 1.82) is 0 Å². The van der Waals surface area contributed by atoms with Crippen LogP contribution in [0.15, 0.2) is 10.4 Å². The molecule has 1 aromatic heterocycles. The number of halogens is 4. The molecule has 1 aliphatic heterocycles. The lowest BCUT2D eigenvalue weighted by molar-refractivity contribution is -0.143. The molecule has 0 bridgehead atoms. The number of likely N-dealkylation sites (tertiary alicyclic amines) is 1. The normalized spacial score (nSPS) is 18.7. The largest absolute Gasteiger partial charge is 0.401 e. The molecule has 2 N–H and O–H groups in total. The highest BCUT2D eigenvalue weighted by atomic mass is 127. The lowest BCUT2D eigenvalue weighted by atomic mass is 10.3. The summed E-state index contributed by atoms with van der Waals surface area (Å²) < 4.78 is 37.4. The first-order valence-corrected chi connectivity index (χ1v) is 9.48. The molecule has 0 saturated carbocycles. The Morgan fingerprint density at radius 2 is 2.23 bits per heavy atom. The van der Waals surface area contributed by atoms with Crippen LogP contribution >= 0.6 is 35.3 Å². The van der Waals surface area contributed by atoms with Crippen LogP contribution in [0.1, 0.15) is 30.5 Å². The molecule has 5 nitrogen and oxygen atoms in total. The van der Waals surface area contributed by atoms with E-state index in [0.717, 1.165) is 30.1 Å². The minimum atomic E-state index is -4.14. The fraction of sp³-hybridized carbons (Fsp3) is 0.750. The molecule has 1 fully saturated rings. The van der Waals surface area contributed by atoms with Gasteiger partial charge < -0.3 is 10.6 Å². The Morgan fingerprint density at radius 1 is 1.46 bits per heavy atom. The van der Waals surface area contributed by atoms with E-state index in [-0.39, 0.29) is 30.0 Å². The molecule has 2 rings (SSSR count). The third-order valence-corrected chi connectivity index (χ3v) is 4.87. The zero-order valence-electron chi connectivity index (χ0n) is 15.1. The van der Waals surface area contributed by atoms with E-state index in [0.29, 0.717) is 32.0 Å². The van der Waals surface area contributed by atoms with Gasteiger partial charge in [0.1, 0.15) is 0 Å². The number of rotatable bonds is 7. The van der Waals surface area contributed by atoms with Crippen LogP contribution in [0, 0.1) is 6.92 Å². The summed E-state index contributed by atoms with van der Waals surface area (Å²) in [6, 6.07) is 0.00163. The van der Waals surface area contributed by atoms with E-state index >= 15 is 0 Å². The van der Waals surface area contributed by atoms with Gasteiger partial charge in [-0.15, -0.1) is 35.3 Å². The third kappa shape index (κ3) is 8.85. The van der Waals surface area contributed by atoms with Crippen molar-refractivity contribution in [2.24, 2.45) is 4.99 Å². The predicted octanol–water partition coefficient (Wildman–Crippen LogP) is 3.19. The Labute approximate surface area is 173 Å². The Balaban J connectivity index is 0.00000338. The van der Waals surface area contributed by atoms with Gasteiger partial charge in [-0.1, -0.05) is 0 Å². The second-order valence-electron chi connectivity index (χ2n) is 6.23. The summed E-state index contributed by atoms with van der Waals surface area (Å²) >= 11 is 1.66. The van der Waals surface area contributed by atoms with Gasteiger partial charge in [0.2, 0.25) is 0 Å². The first-order valence-electron chi connectivity index (χ1n) is 8.60. The number of aliphatic imine (C=N–C) groups is 1. The standard InChI is InChI=1S/C16H26F3N5S.HI/c1-3-20-15(21-7-4-5-14-22-12(2)10-25-14)23-13-6-8-24(9-13)11-16(17,18)19;/h10,13H,3-9,11H2,1-2H3,(H2,20,21,23);1H. The molecular weight excluding hydrogens is 478 g/mol. The van der Waals surface area contributed by atoms with Crippen LogP contribution in [0.3, 0.4) is 0 Å². The first-order chi connectivity index (χ1) is 11.9. The van der Waals surface area contributed by atoms with E-state index in [1.54, 1.807) is 11.3 Å². The summed E-state index contributed by atoms with van der Waals surface area (Å²) in [5.74, 6) is 0.677. The van der Waals surface area contributed by atoms with E-state index in [9.17, 15) is 13.2 Å². The van der Waals surface area contributed by atoms with Gasteiger partial charge in [0.15, 0.2) is 5.96 Å². The second kappa shape index (κ2) is 11.3. The maximum atomic E-state index is 12.5. The molecule has 1 aliphatic rings. The molecule has 10 heteroatoms. The number of nitrogens with one attached hydrogen (secondary N) is 2. The molecule has 1 unspecified atom stereocenters. The fourth-order valence-electron chi connectivity index (χ4n) is 2.80. The van der Waals surface area contributed by atoms with E-state index in [1.165, 1.54) is 4.90 Å². The third-order valence-electron chi connectivity index (χ3n) is 3.85. The molecule has 0 radical (unpaired) electrons. The van der Waals surface area contributed by atoms with Crippen LogP contribution in [0.2, 0.25) is 0 Å². The van der Waals surface area contributed by atoms with Crippen LogP contribution < -0.4 is 10.6 Å². The van der Waals surface area contributed by atoms with Gasteiger partial charge in [-0.05, 0) is 26.7 Å². The minimum Gasteiger partial charge on any atom is -0.357 e. The highest BCUT2D eigenvalue weighted by molar-refractivity contribution is 14.0. The number of aromatic nitrogens is 1. The van der Waals surface area contributed by atoms with E-state index in [4.69, 9.17) is 0 Å². The molecule has 0 aliphatic carbocycles. The molecule has 1 aromatic rings. The number of alkyl halides is 3. The molecule has 26 heavy (non-hydrogen) atoms. The van der Waals surface area contributed by atoms with Gasteiger partial charge in [0, 0.05) is 49.7 Å². The van der Waals surface area contributed by atoms with Crippen molar-refractivity contribution in [3.8, 4) is 0 Å². The van der Waals surface area contributed by atoms with Gasteiger partial charge in [-0.2, -0.15) is 13.2 Å². The molecular formula is C16H27F3IN5S. The molecule has 0 spiro atoms. The van der Waals surface area contributed by atoms with Crippen molar-refractivity contribution in [2.45, 2.75) is 45.3 Å². The van der Waals surface area contributed by atoms with Crippen molar-refractivity contribution in [3.63, 3.8) is 0 Å². The maximum absolute atomic E-state index is 12.5. The van der Waals surface area contributed by atoms with Crippen LogP contribution in [-0.2, 0) is 6.42 Å². The molecule has 2 heterocycles. The summed E-state index contributed by atoms with van der Waals surface area (Å²) in [6.45, 7) is 5.34. The molecule has 1 saturated heterocycles. The number of thiazole rings is 1. The molecule has 0 amide bonds. The summed E-state index contributed by atoms with van der Waals surface area (Å²) in [5.41, 5.74) is 1.04. The zero-order chi connectivity index (χ0) is 18.3. The van der Waals surface area contributed by atoms with Crippen LogP contribution in [0.5, 0.6) is 0 Å². The average molecular weight is 505 g/mol. The van der Waals surface area contributed by atoms with E-state index in [2.05, 4.69) is 20.6 Å². The number of hydrogen-bond acceptors (Lipinski definition) is 4. The first kappa shape index (κ1) is 23.4. The van der Waals surface area contributed by atoms with E-state index < -0.39 is 12.7 Å². The van der Waals surface area contributed by atoms with Crippen LogP contribution in [0.25, 0.3) is 0 Å². The zero-order valence-corrected chi connectivity index (χ0v) is 18.3. The van der Waals surface area contributed by atoms with Gasteiger partial charge in [-0.3, -0.25) is 9.89 Å². The predicted molar refractivity (Wildman–Crippen MR) is 111 cm³/mol. The van der Waals surface area contributed by atoms with Crippen LogP contribution in [0.4, 0.5) is 13.2 Å². The van der Waals surface area contributed by atoms with Gasteiger partial charge >= 0.3 is 6.18 Å². The van der Waals surface area contributed by atoms with Crippen molar-refractivity contribution >= 4 is 41.3 Å². The molecule has 1 atom stereocenters. The maximum Gasteiger partial charge on any atom is 0.401 e. The number of nitrogens with zero attached hydrogens (tertiary/aromatic N) is 3. The highest BCUT2D eigenvalue weighted by Crippen LogP contribution is 2.19. The molecule has 150 valence electrons. The van der Waals surface area contributed by atoms with Gasteiger partial charge in [0.25, 0.3) is 0 Å². The van der Waals surface area contributed by atoms with E-state index in [1.807, 2.05) is 19.2 Å². The van der Waals surface area contributed by atoms with Crippen LogP contribution in [-0.4, -0.2) is 60.8 Å². The Morgan fingerprint density at radius 3 is 2.85 bits per heavy atom.